The van der Waals surface area contributed by atoms with Gasteiger partial charge in [0.25, 0.3) is 0 Å². The Labute approximate surface area is 240 Å². The number of aldehydes is 2. The third-order valence-electron chi connectivity index (χ3n) is 6.90. The Morgan fingerprint density at radius 2 is 0.951 bits per heavy atom. The van der Waals surface area contributed by atoms with Crippen LogP contribution in [0.1, 0.15) is 36.1 Å². The topological polar surface area (TPSA) is 129 Å². The van der Waals surface area contributed by atoms with Crippen molar-refractivity contribution in [3.63, 3.8) is 0 Å². The predicted molar refractivity (Wildman–Crippen MR) is 161 cm³/mol. The van der Waals surface area contributed by atoms with Crippen molar-refractivity contribution in [2.75, 3.05) is 11.5 Å². The number of carbonyl (C=O) groups is 2. The van der Waals surface area contributed by atoms with Gasteiger partial charge < -0.3 is 20.9 Å². The molecule has 0 saturated heterocycles. The molecular formula is C33H36N4O4. The average molecular weight is 553 g/mol. The summed E-state index contributed by atoms with van der Waals surface area (Å²) in [5.41, 5.74) is 16.7. The Bertz CT molecular complexity index is 1300. The maximum Gasteiger partial charge on any atom is 0.206 e. The molecule has 4 rings (SSSR count). The molecule has 41 heavy (non-hydrogen) atoms. The van der Waals surface area contributed by atoms with E-state index in [1.54, 1.807) is 0 Å². The molecule has 0 aliphatic carbocycles. The highest BCUT2D eigenvalue weighted by Crippen LogP contribution is 2.33. The minimum Gasteiger partial charge on any atom is -0.468 e. The van der Waals surface area contributed by atoms with Gasteiger partial charge in [-0.15, -0.1) is 0 Å². The van der Waals surface area contributed by atoms with Crippen molar-refractivity contribution in [2.24, 2.45) is 0 Å². The van der Waals surface area contributed by atoms with Crippen LogP contribution in [0.15, 0.2) is 97.1 Å². The number of benzene rings is 4. The van der Waals surface area contributed by atoms with Crippen molar-refractivity contribution in [1.82, 2.24) is 10.6 Å². The Morgan fingerprint density at radius 1 is 0.610 bits per heavy atom. The minimum absolute atomic E-state index is 0.314. The molecule has 0 bridgehead atoms. The van der Waals surface area contributed by atoms with Gasteiger partial charge in [-0.2, -0.15) is 0 Å². The van der Waals surface area contributed by atoms with Gasteiger partial charge in [0.2, 0.25) is 12.5 Å². The van der Waals surface area contributed by atoms with E-state index in [0.29, 0.717) is 36.0 Å². The van der Waals surface area contributed by atoms with Crippen LogP contribution in [0.3, 0.4) is 0 Å². The summed E-state index contributed by atoms with van der Waals surface area (Å²) in [5.74, 6) is 1.17. The van der Waals surface area contributed by atoms with Crippen LogP contribution in [0.25, 0.3) is 0 Å². The van der Waals surface area contributed by atoms with Crippen molar-refractivity contribution in [2.45, 2.75) is 44.8 Å². The fraction of sp³-hybridized carbons (Fsp3) is 0.212. The Hall–Kier alpha value is -4.66. The molecule has 0 saturated carbocycles. The van der Waals surface area contributed by atoms with Gasteiger partial charge in [0.05, 0.1) is 0 Å². The monoisotopic (exact) mass is 552 g/mol. The molecule has 0 spiro atoms. The van der Waals surface area contributed by atoms with Gasteiger partial charge in [0, 0.05) is 29.9 Å². The van der Waals surface area contributed by atoms with Gasteiger partial charge in [-0.05, 0) is 70.8 Å². The average Bonchev–Trinajstić information content (AvgIpc) is 2.99. The molecule has 2 unspecified atom stereocenters. The second kappa shape index (κ2) is 13.6. The van der Waals surface area contributed by atoms with Crippen LogP contribution in [0.4, 0.5) is 11.4 Å². The normalized spacial score (nSPS) is 12.7. The van der Waals surface area contributed by atoms with E-state index >= 15 is 0 Å². The van der Waals surface area contributed by atoms with Crippen LogP contribution in [-0.2, 0) is 28.1 Å². The highest BCUT2D eigenvalue weighted by molar-refractivity contribution is 5.57. The SMILES string of the molecule is CC(C)(c1ccc(OC(C=O)NCc2ccc(N)cc2)cc1)c1ccc(OC(C=O)NCc2ccc(N)cc2)cc1. The smallest absolute Gasteiger partial charge is 0.206 e. The molecule has 212 valence electrons. The summed E-state index contributed by atoms with van der Waals surface area (Å²) in [6, 6.07) is 30.3. The summed E-state index contributed by atoms with van der Waals surface area (Å²) in [4.78, 5) is 23.2. The number of ether oxygens (including phenoxy) is 2. The summed E-state index contributed by atoms with van der Waals surface area (Å²) >= 11 is 0. The van der Waals surface area contributed by atoms with E-state index in [4.69, 9.17) is 20.9 Å². The number of rotatable bonds is 14. The molecule has 0 fully saturated rings. The third-order valence-corrected chi connectivity index (χ3v) is 6.90. The van der Waals surface area contributed by atoms with Crippen molar-refractivity contribution < 1.29 is 19.1 Å². The number of nitrogens with two attached hydrogens (primary N) is 2. The van der Waals surface area contributed by atoms with Crippen LogP contribution in [0.2, 0.25) is 0 Å². The number of nitrogen functional groups attached to an aromatic ring is 2. The number of anilines is 2. The molecule has 6 N–H and O–H groups in total. The Balaban J connectivity index is 1.33. The fourth-order valence-electron chi connectivity index (χ4n) is 4.30. The van der Waals surface area contributed by atoms with Gasteiger partial charge in [0.15, 0.2) is 12.6 Å². The lowest BCUT2D eigenvalue weighted by atomic mass is 9.78. The standard InChI is InChI=1S/C33H36N4O4/c1-33(2,25-7-15-29(16-8-25)40-31(21-38)36-19-23-3-11-27(34)12-4-23)26-9-17-30(18-10-26)41-32(22-39)37-20-24-5-13-28(35)14-6-24/h3-18,21-22,31-32,36-37H,19-20,34-35H2,1-2H3. The van der Waals surface area contributed by atoms with Crippen LogP contribution in [0.5, 0.6) is 11.5 Å². The van der Waals surface area contributed by atoms with Gasteiger partial charge in [-0.3, -0.25) is 20.2 Å². The van der Waals surface area contributed by atoms with Crippen molar-refractivity contribution in [1.29, 1.82) is 0 Å². The highest BCUT2D eigenvalue weighted by atomic mass is 16.5. The molecule has 8 nitrogen and oxygen atoms in total. The van der Waals surface area contributed by atoms with Crippen LogP contribution >= 0.6 is 0 Å². The quantitative estimate of drug-likeness (QED) is 0.102. The largest absolute Gasteiger partial charge is 0.468 e. The molecule has 0 radical (unpaired) electrons. The van der Waals surface area contributed by atoms with E-state index in [1.165, 1.54) is 0 Å². The van der Waals surface area contributed by atoms with E-state index in [9.17, 15) is 9.59 Å². The van der Waals surface area contributed by atoms with Gasteiger partial charge in [-0.25, -0.2) is 0 Å². The zero-order valence-corrected chi connectivity index (χ0v) is 23.2. The van der Waals surface area contributed by atoms with Crippen molar-refractivity contribution in [3.05, 3.63) is 119 Å². The third kappa shape index (κ3) is 8.17. The summed E-state index contributed by atoms with van der Waals surface area (Å²) in [6.07, 6.45) is -0.0896. The number of nitrogens with one attached hydrogen (secondary N) is 2. The highest BCUT2D eigenvalue weighted by Gasteiger charge is 2.23. The zero-order chi connectivity index (χ0) is 29.2. The van der Waals surface area contributed by atoms with E-state index < -0.39 is 12.5 Å². The van der Waals surface area contributed by atoms with Crippen LogP contribution in [0, 0.1) is 0 Å². The lowest BCUT2D eigenvalue weighted by Gasteiger charge is -2.27. The maximum absolute atomic E-state index is 11.6. The molecule has 0 aliphatic rings. The fourth-order valence-corrected chi connectivity index (χ4v) is 4.30. The molecule has 0 aliphatic heterocycles. The summed E-state index contributed by atoms with van der Waals surface area (Å²) in [6.45, 7) is 5.20. The lowest BCUT2D eigenvalue weighted by Crippen LogP contribution is -2.35. The Kier molecular flexibility index (Phi) is 9.73. The molecule has 0 amide bonds. The van der Waals surface area contributed by atoms with Gasteiger partial charge in [-0.1, -0.05) is 62.4 Å². The van der Waals surface area contributed by atoms with E-state index in [0.717, 1.165) is 34.8 Å². The van der Waals surface area contributed by atoms with Crippen LogP contribution < -0.4 is 31.6 Å². The summed E-state index contributed by atoms with van der Waals surface area (Å²) in [7, 11) is 0. The molecule has 0 heterocycles. The van der Waals surface area contributed by atoms with Crippen molar-refractivity contribution in [3.8, 4) is 11.5 Å². The first-order chi connectivity index (χ1) is 19.8. The van der Waals surface area contributed by atoms with E-state index in [2.05, 4.69) is 24.5 Å². The second-order valence-electron chi connectivity index (χ2n) is 10.3. The Morgan fingerprint density at radius 3 is 1.27 bits per heavy atom. The van der Waals surface area contributed by atoms with E-state index in [1.807, 2.05) is 97.1 Å². The van der Waals surface area contributed by atoms with Gasteiger partial charge in [0.1, 0.15) is 11.5 Å². The second-order valence-corrected chi connectivity index (χ2v) is 10.3. The first-order valence-electron chi connectivity index (χ1n) is 13.4. The lowest BCUT2D eigenvalue weighted by molar-refractivity contribution is -0.115. The minimum atomic E-state index is -0.782. The first kappa shape index (κ1) is 29.3. The van der Waals surface area contributed by atoms with Crippen molar-refractivity contribution >= 4 is 23.9 Å². The molecule has 0 aromatic heterocycles. The molecule has 4 aromatic rings. The number of hydrogen-bond donors (Lipinski definition) is 4. The van der Waals surface area contributed by atoms with E-state index in [-0.39, 0.29) is 5.41 Å². The molecule has 8 heteroatoms. The van der Waals surface area contributed by atoms with Gasteiger partial charge >= 0.3 is 0 Å². The number of hydrogen-bond acceptors (Lipinski definition) is 8. The predicted octanol–water partition coefficient (Wildman–Crippen LogP) is 4.56. The summed E-state index contributed by atoms with van der Waals surface area (Å²) < 4.78 is 11.7. The molecule has 4 aromatic carbocycles. The first-order valence-corrected chi connectivity index (χ1v) is 13.4. The maximum atomic E-state index is 11.6. The molecule has 2 atom stereocenters. The number of carbonyl (C=O) groups excluding carboxylic acids is 2. The zero-order valence-electron chi connectivity index (χ0n) is 23.2. The molecular weight excluding hydrogens is 516 g/mol. The van der Waals surface area contributed by atoms with Crippen LogP contribution in [-0.4, -0.2) is 25.0 Å². The summed E-state index contributed by atoms with van der Waals surface area (Å²) in [5, 5.41) is 6.18.